The van der Waals surface area contributed by atoms with Crippen molar-refractivity contribution in [3.63, 3.8) is 0 Å². The van der Waals surface area contributed by atoms with Crippen molar-refractivity contribution in [1.29, 1.82) is 0 Å². The summed E-state index contributed by atoms with van der Waals surface area (Å²) < 4.78 is 0. The Kier molecular flexibility index (Phi) is 3.72. The van der Waals surface area contributed by atoms with Gasteiger partial charge in [0.1, 0.15) is 15.6 Å². The number of pyridine rings is 1. The number of aryl methyl sites for hydroxylation is 2. The molecule has 2 aromatic rings. The molecule has 0 amide bonds. The molecule has 0 atom stereocenters. The maximum absolute atomic E-state index is 11.1. The molecule has 5 heteroatoms. The molecule has 4 nitrogen and oxygen atoms in total. The number of carbonyl (C=O) groups is 1. The van der Waals surface area contributed by atoms with Crippen LogP contribution >= 0.6 is 11.3 Å². The molecule has 94 valence electrons. The fraction of sp³-hybridized carbons (Fsp3) is 0.308. The highest BCUT2D eigenvalue weighted by molar-refractivity contribution is 7.17. The van der Waals surface area contributed by atoms with Crippen molar-refractivity contribution in [2.75, 3.05) is 0 Å². The first-order valence-electron chi connectivity index (χ1n) is 5.84. The molecule has 0 unspecified atom stereocenters. The molecule has 0 aliphatic carbocycles. The lowest BCUT2D eigenvalue weighted by atomic mass is 10.1. The topological polar surface area (TPSA) is 63.1 Å². The second kappa shape index (κ2) is 5.27. The van der Waals surface area contributed by atoms with Crippen molar-refractivity contribution in [1.82, 2.24) is 9.97 Å². The van der Waals surface area contributed by atoms with Crippen LogP contribution in [0.3, 0.4) is 0 Å². The number of aromatic nitrogens is 2. The van der Waals surface area contributed by atoms with E-state index in [1.54, 1.807) is 6.20 Å². The Morgan fingerprint density at radius 2 is 2.17 bits per heavy atom. The van der Waals surface area contributed by atoms with Gasteiger partial charge in [0.25, 0.3) is 0 Å². The second-order valence-electron chi connectivity index (χ2n) is 3.82. The average molecular weight is 262 g/mol. The Hall–Kier alpha value is -1.75. The van der Waals surface area contributed by atoms with Crippen LogP contribution in [0.5, 0.6) is 0 Å². The first kappa shape index (κ1) is 12.7. The molecule has 2 aromatic heterocycles. The number of aromatic carboxylic acids is 1. The Bertz CT molecular complexity index is 578. The van der Waals surface area contributed by atoms with E-state index in [1.165, 1.54) is 11.3 Å². The standard InChI is InChI=1S/C13H14N2O2S/c1-3-8-6-5-7-14-10(8)12-15-9(4-2)11(18-12)13(16)17/h5-7H,3-4H2,1-2H3,(H,16,17). The summed E-state index contributed by atoms with van der Waals surface area (Å²) in [7, 11) is 0. The van der Waals surface area contributed by atoms with Crippen LogP contribution in [0, 0.1) is 0 Å². The number of carboxylic acids is 1. The molecule has 0 saturated heterocycles. The molecule has 0 radical (unpaired) electrons. The van der Waals surface area contributed by atoms with E-state index in [4.69, 9.17) is 5.11 Å². The molecule has 2 heterocycles. The predicted octanol–water partition coefficient (Wildman–Crippen LogP) is 3.03. The van der Waals surface area contributed by atoms with Crippen molar-refractivity contribution in [2.24, 2.45) is 0 Å². The van der Waals surface area contributed by atoms with Crippen LogP contribution in [-0.2, 0) is 12.8 Å². The second-order valence-corrected chi connectivity index (χ2v) is 4.82. The van der Waals surface area contributed by atoms with Crippen molar-refractivity contribution in [2.45, 2.75) is 26.7 Å². The van der Waals surface area contributed by atoms with Gasteiger partial charge in [-0.2, -0.15) is 0 Å². The van der Waals surface area contributed by atoms with Crippen molar-refractivity contribution >= 4 is 17.3 Å². The van der Waals surface area contributed by atoms with Crippen molar-refractivity contribution < 1.29 is 9.90 Å². The monoisotopic (exact) mass is 262 g/mol. The molecular weight excluding hydrogens is 248 g/mol. The largest absolute Gasteiger partial charge is 0.477 e. The fourth-order valence-corrected chi connectivity index (χ4v) is 2.80. The Morgan fingerprint density at radius 3 is 2.72 bits per heavy atom. The maximum Gasteiger partial charge on any atom is 0.347 e. The third kappa shape index (κ3) is 2.26. The number of thiazole rings is 1. The van der Waals surface area contributed by atoms with Crippen LogP contribution < -0.4 is 0 Å². The smallest absolute Gasteiger partial charge is 0.347 e. The van der Waals surface area contributed by atoms with Gasteiger partial charge in [-0.05, 0) is 24.5 Å². The fourth-order valence-electron chi connectivity index (χ4n) is 1.78. The van der Waals surface area contributed by atoms with E-state index >= 15 is 0 Å². The van der Waals surface area contributed by atoms with Gasteiger partial charge in [0.15, 0.2) is 0 Å². The van der Waals surface area contributed by atoms with E-state index in [2.05, 4.69) is 9.97 Å². The van der Waals surface area contributed by atoms with E-state index in [0.29, 0.717) is 22.0 Å². The molecule has 0 aliphatic heterocycles. The highest BCUT2D eigenvalue weighted by Gasteiger charge is 2.18. The van der Waals surface area contributed by atoms with Crippen molar-refractivity contribution in [3.8, 4) is 10.7 Å². The van der Waals surface area contributed by atoms with Gasteiger partial charge in [0.05, 0.1) is 5.69 Å². The van der Waals surface area contributed by atoms with Crippen LogP contribution in [0.1, 0.15) is 34.8 Å². The normalized spacial score (nSPS) is 10.6. The summed E-state index contributed by atoms with van der Waals surface area (Å²) in [5.41, 5.74) is 2.52. The van der Waals surface area contributed by atoms with Crippen LogP contribution in [0.15, 0.2) is 18.3 Å². The third-order valence-electron chi connectivity index (χ3n) is 2.70. The van der Waals surface area contributed by atoms with Gasteiger partial charge in [0.2, 0.25) is 0 Å². The number of rotatable bonds is 4. The molecule has 0 saturated carbocycles. The molecule has 18 heavy (non-hydrogen) atoms. The van der Waals surface area contributed by atoms with E-state index < -0.39 is 5.97 Å². The van der Waals surface area contributed by atoms with E-state index in [-0.39, 0.29) is 0 Å². The molecule has 0 aliphatic rings. The Morgan fingerprint density at radius 1 is 1.39 bits per heavy atom. The molecular formula is C13H14N2O2S. The van der Waals surface area contributed by atoms with Crippen LogP contribution in [0.25, 0.3) is 10.7 Å². The van der Waals surface area contributed by atoms with Gasteiger partial charge in [-0.3, -0.25) is 4.98 Å². The van der Waals surface area contributed by atoms with Crippen LogP contribution in [0.2, 0.25) is 0 Å². The van der Waals surface area contributed by atoms with Gasteiger partial charge in [0, 0.05) is 6.20 Å². The minimum Gasteiger partial charge on any atom is -0.477 e. The molecule has 0 spiro atoms. The van der Waals surface area contributed by atoms with Crippen molar-refractivity contribution in [3.05, 3.63) is 34.5 Å². The highest BCUT2D eigenvalue weighted by Crippen LogP contribution is 2.29. The lowest BCUT2D eigenvalue weighted by Gasteiger charge is -2.01. The van der Waals surface area contributed by atoms with Gasteiger partial charge in [-0.1, -0.05) is 19.9 Å². The minimum absolute atomic E-state index is 0.320. The lowest BCUT2D eigenvalue weighted by Crippen LogP contribution is -1.97. The van der Waals surface area contributed by atoms with Gasteiger partial charge in [-0.15, -0.1) is 11.3 Å². The zero-order valence-electron chi connectivity index (χ0n) is 10.3. The SMILES string of the molecule is CCc1cccnc1-c1nc(CC)c(C(=O)O)s1. The summed E-state index contributed by atoms with van der Waals surface area (Å²) in [5.74, 6) is -0.912. The molecule has 1 N–H and O–H groups in total. The number of hydrogen-bond acceptors (Lipinski definition) is 4. The maximum atomic E-state index is 11.1. The summed E-state index contributed by atoms with van der Waals surface area (Å²) in [6, 6.07) is 3.88. The van der Waals surface area contributed by atoms with Crippen LogP contribution in [-0.4, -0.2) is 21.0 Å². The average Bonchev–Trinajstić information content (AvgIpc) is 2.82. The molecule has 0 fully saturated rings. The first-order chi connectivity index (χ1) is 8.67. The van der Waals surface area contributed by atoms with E-state index in [1.807, 2.05) is 26.0 Å². The Labute approximate surface area is 109 Å². The van der Waals surface area contributed by atoms with Gasteiger partial charge < -0.3 is 5.11 Å². The zero-order valence-corrected chi connectivity index (χ0v) is 11.1. The minimum atomic E-state index is -0.912. The summed E-state index contributed by atoms with van der Waals surface area (Å²) in [5, 5.41) is 9.83. The Balaban J connectivity index is 2.54. The number of nitrogens with zero attached hydrogens (tertiary/aromatic N) is 2. The lowest BCUT2D eigenvalue weighted by molar-refractivity contribution is 0.0701. The molecule has 2 rings (SSSR count). The van der Waals surface area contributed by atoms with Crippen LogP contribution in [0.4, 0.5) is 0 Å². The summed E-state index contributed by atoms with van der Waals surface area (Å²) in [4.78, 5) is 20.2. The van der Waals surface area contributed by atoms with Gasteiger partial charge in [-0.25, -0.2) is 9.78 Å². The quantitative estimate of drug-likeness (QED) is 0.920. The summed E-state index contributed by atoms with van der Waals surface area (Å²) in [6.45, 7) is 3.96. The number of carboxylic acid groups (broad SMARTS) is 1. The van der Waals surface area contributed by atoms with E-state index in [0.717, 1.165) is 17.7 Å². The number of hydrogen-bond donors (Lipinski definition) is 1. The zero-order chi connectivity index (χ0) is 13.1. The molecule has 0 aromatic carbocycles. The van der Waals surface area contributed by atoms with Gasteiger partial charge >= 0.3 is 5.97 Å². The third-order valence-corrected chi connectivity index (χ3v) is 3.79. The predicted molar refractivity (Wildman–Crippen MR) is 71.1 cm³/mol. The molecule has 0 bridgehead atoms. The van der Waals surface area contributed by atoms with E-state index in [9.17, 15) is 4.79 Å². The summed E-state index contributed by atoms with van der Waals surface area (Å²) in [6.07, 6.45) is 3.18. The summed E-state index contributed by atoms with van der Waals surface area (Å²) >= 11 is 1.20. The first-order valence-corrected chi connectivity index (χ1v) is 6.66. The highest BCUT2D eigenvalue weighted by atomic mass is 32.1.